The van der Waals surface area contributed by atoms with E-state index in [2.05, 4.69) is 101 Å². The second-order valence-corrected chi connectivity index (χ2v) is 17.0. The van der Waals surface area contributed by atoms with Crippen LogP contribution in [0.4, 0.5) is 11.4 Å². The van der Waals surface area contributed by atoms with Gasteiger partial charge in [-0.05, 0) is 147 Å². The zero-order valence-electron chi connectivity index (χ0n) is 35.0. The molecule has 0 aliphatic carbocycles. The lowest BCUT2D eigenvalue weighted by Crippen LogP contribution is -2.44. The molecule has 4 aliphatic rings. The summed E-state index contributed by atoms with van der Waals surface area (Å²) in [5.41, 5.74) is 17.7. The first-order valence-electron chi connectivity index (χ1n) is 21.6. The van der Waals surface area contributed by atoms with Gasteiger partial charge in [-0.3, -0.25) is 24.2 Å². The van der Waals surface area contributed by atoms with E-state index in [0.29, 0.717) is 6.42 Å². The number of nitrogens with one attached hydrogen (secondary N) is 1. The molecule has 0 radical (unpaired) electrons. The number of anilines is 2. The van der Waals surface area contributed by atoms with Crippen molar-refractivity contribution >= 4 is 29.6 Å². The molecule has 0 saturated carbocycles. The van der Waals surface area contributed by atoms with Gasteiger partial charge in [0.25, 0.3) is 0 Å². The molecular formula is C49H62N6O3. The Hall–Kier alpha value is -4.83. The summed E-state index contributed by atoms with van der Waals surface area (Å²) in [6.45, 7) is 14.2. The number of benzene rings is 4. The minimum atomic E-state index is -0.0820. The van der Waals surface area contributed by atoms with E-state index in [9.17, 15) is 14.4 Å². The Morgan fingerprint density at radius 2 is 1.02 bits per heavy atom. The Morgan fingerprint density at radius 3 is 1.47 bits per heavy atom. The number of rotatable bonds is 8. The predicted octanol–water partition coefficient (Wildman–Crippen LogP) is 8.76. The second-order valence-electron chi connectivity index (χ2n) is 17.0. The highest BCUT2D eigenvalue weighted by molar-refractivity contribution is 5.95. The van der Waals surface area contributed by atoms with E-state index in [-0.39, 0.29) is 36.0 Å². The minimum absolute atomic E-state index is 0.0288. The molecule has 0 spiro atoms. The van der Waals surface area contributed by atoms with Gasteiger partial charge in [0, 0.05) is 56.4 Å². The molecule has 2 unspecified atom stereocenters. The number of hydrogen-bond acceptors (Lipinski definition) is 6. The Bertz CT molecular complexity index is 2040. The number of likely N-dealkylation sites (tertiary alicyclic amines) is 2. The van der Waals surface area contributed by atoms with Crippen LogP contribution in [0.3, 0.4) is 0 Å². The fourth-order valence-corrected chi connectivity index (χ4v) is 9.69. The normalized spacial score (nSPS) is 22.2. The lowest BCUT2D eigenvalue weighted by molar-refractivity contribution is -0.118. The highest BCUT2D eigenvalue weighted by Gasteiger charge is 2.33. The summed E-state index contributed by atoms with van der Waals surface area (Å²) in [7, 11) is 0. The number of carbonyl (C=O) groups is 3. The maximum absolute atomic E-state index is 12.2. The van der Waals surface area contributed by atoms with Crippen LogP contribution in [0.2, 0.25) is 0 Å². The number of nitrogens with zero attached hydrogens (tertiary/aromatic N) is 4. The number of fused-ring (bicyclic) bond motifs is 2. The molecule has 3 N–H and O–H groups in total. The van der Waals surface area contributed by atoms with Crippen molar-refractivity contribution in [1.82, 2.24) is 15.1 Å². The molecule has 4 atom stereocenters. The van der Waals surface area contributed by atoms with Crippen molar-refractivity contribution in [3.8, 4) is 22.3 Å². The lowest BCUT2D eigenvalue weighted by atomic mass is 9.89. The van der Waals surface area contributed by atoms with Crippen LogP contribution in [0.15, 0.2) is 84.9 Å². The van der Waals surface area contributed by atoms with Gasteiger partial charge >= 0.3 is 0 Å². The van der Waals surface area contributed by atoms with Gasteiger partial charge in [0.1, 0.15) is 0 Å². The van der Waals surface area contributed by atoms with Gasteiger partial charge in [-0.25, -0.2) is 0 Å². The lowest BCUT2D eigenvalue weighted by Gasteiger charge is -2.39. The summed E-state index contributed by atoms with van der Waals surface area (Å²) < 4.78 is 0. The van der Waals surface area contributed by atoms with Gasteiger partial charge in [0.05, 0.1) is 6.04 Å². The molecule has 9 heteroatoms. The Labute approximate surface area is 345 Å². The molecule has 2 saturated heterocycles. The average molecular weight is 783 g/mol. The SMILES string of the molecule is CC(=O)N1c2ccc(-c3ccc(CN4CCCCC4)cc3)cc2C(NC=O)CC1C.CC(=O)N1c2ccc(-c3ccc(CN4CCCCC4)cc3)cc2[C@H](N)C[C@@H]1C. The van der Waals surface area contributed by atoms with Crippen molar-refractivity contribution in [3.63, 3.8) is 0 Å². The summed E-state index contributed by atoms with van der Waals surface area (Å²) in [6.07, 6.45) is 10.2. The zero-order chi connectivity index (χ0) is 40.8. The second kappa shape index (κ2) is 18.8. The molecule has 0 aromatic heterocycles. The third kappa shape index (κ3) is 9.54. The standard InChI is InChI=1S/C25H31N3O2.C24H31N3O/c1-18-14-24(26-17-29)23-15-22(10-11-25(23)28(18)19(2)30)21-8-6-20(7-9-21)16-27-12-4-3-5-13-27;1-17-14-23(25)22-15-21(10-11-24(22)27(17)18(2)28)20-8-6-19(7-9-20)16-26-12-4-3-5-13-26/h6-11,15,17-18,24H,3-5,12-14,16H2,1-2H3,(H,26,29);6-11,15,17,23H,3-5,12-14,16,25H2,1-2H3/t;17-,23+/m.0/s1. The Balaban J connectivity index is 0.000000177. The molecule has 8 rings (SSSR count). The van der Waals surface area contributed by atoms with E-state index in [1.54, 1.807) is 13.8 Å². The van der Waals surface area contributed by atoms with Gasteiger partial charge in [-0.1, -0.05) is 73.5 Å². The molecule has 9 nitrogen and oxygen atoms in total. The smallest absolute Gasteiger partial charge is 0.224 e. The van der Waals surface area contributed by atoms with E-state index in [1.807, 2.05) is 22.8 Å². The van der Waals surface area contributed by atoms with E-state index < -0.39 is 0 Å². The summed E-state index contributed by atoms with van der Waals surface area (Å²) in [6, 6.07) is 30.3. The van der Waals surface area contributed by atoms with Crippen LogP contribution in [-0.2, 0) is 27.5 Å². The third-order valence-electron chi connectivity index (χ3n) is 12.6. The highest BCUT2D eigenvalue weighted by Crippen LogP contribution is 2.40. The van der Waals surface area contributed by atoms with Gasteiger partial charge in [-0.2, -0.15) is 0 Å². The van der Waals surface area contributed by atoms with Crippen molar-refractivity contribution in [2.45, 2.75) is 116 Å². The van der Waals surface area contributed by atoms with Gasteiger partial charge < -0.3 is 20.9 Å². The molecule has 4 aromatic carbocycles. The van der Waals surface area contributed by atoms with Crippen molar-refractivity contribution in [2.75, 3.05) is 36.0 Å². The number of piperidine rings is 2. The van der Waals surface area contributed by atoms with Crippen molar-refractivity contribution in [1.29, 1.82) is 0 Å². The van der Waals surface area contributed by atoms with Crippen LogP contribution < -0.4 is 20.9 Å². The van der Waals surface area contributed by atoms with Crippen LogP contribution in [0.5, 0.6) is 0 Å². The molecule has 4 aliphatic heterocycles. The topological polar surface area (TPSA) is 102 Å². The van der Waals surface area contributed by atoms with E-state index in [1.165, 1.54) is 81.4 Å². The maximum Gasteiger partial charge on any atom is 0.224 e. The average Bonchev–Trinajstić information content (AvgIpc) is 3.22. The number of carbonyl (C=O) groups excluding carboxylic acids is 3. The molecule has 3 amide bonds. The van der Waals surface area contributed by atoms with Crippen LogP contribution >= 0.6 is 0 Å². The summed E-state index contributed by atoms with van der Waals surface area (Å²) in [5, 5.41) is 2.94. The summed E-state index contributed by atoms with van der Waals surface area (Å²) >= 11 is 0. The molecule has 4 aromatic rings. The number of amides is 3. The van der Waals surface area contributed by atoms with Crippen LogP contribution in [0, 0.1) is 0 Å². The molecule has 0 bridgehead atoms. The van der Waals surface area contributed by atoms with Gasteiger partial charge in [-0.15, -0.1) is 0 Å². The predicted molar refractivity (Wildman–Crippen MR) is 235 cm³/mol. The third-order valence-corrected chi connectivity index (χ3v) is 12.6. The highest BCUT2D eigenvalue weighted by atomic mass is 16.2. The monoisotopic (exact) mass is 782 g/mol. The Kier molecular flexibility index (Phi) is 13.4. The van der Waals surface area contributed by atoms with Crippen LogP contribution in [-0.4, -0.2) is 66.3 Å². The Morgan fingerprint density at radius 1 is 0.603 bits per heavy atom. The van der Waals surface area contributed by atoms with Crippen molar-refractivity contribution in [2.24, 2.45) is 5.73 Å². The van der Waals surface area contributed by atoms with E-state index >= 15 is 0 Å². The summed E-state index contributed by atoms with van der Waals surface area (Å²) in [4.78, 5) is 44.3. The first-order chi connectivity index (χ1) is 28.1. The maximum atomic E-state index is 12.2. The molecule has 4 heterocycles. The summed E-state index contributed by atoms with van der Waals surface area (Å²) in [5.74, 6) is 0.110. The number of hydrogen-bond donors (Lipinski definition) is 2. The van der Waals surface area contributed by atoms with Crippen LogP contribution in [0.25, 0.3) is 22.3 Å². The largest absolute Gasteiger partial charge is 0.352 e. The van der Waals surface area contributed by atoms with Gasteiger partial charge in [0.15, 0.2) is 0 Å². The van der Waals surface area contributed by atoms with Crippen molar-refractivity contribution in [3.05, 3.63) is 107 Å². The molecule has 2 fully saturated rings. The quantitative estimate of drug-likeness (QED) is 0.174. The molecule has 306 valence electrons. The van der Waals surface area contributed by atoms with Gasteiger partial charge in [0.2, 0.25) is 18.2 Å². The van der Waals surface area contributed by atoms with Crippen molar-refractivity contribution < 1.29 is 14.4 Å². The molecular weight excluding hydrogens is 721 g/mol. The van der Waals surface area contributed by atoms with Crippen LogP contribution in [0.1, 0.15) is 113 Å². The number of nitrogens with two attached hydrogens (primary N) is 1. The minimum Gasteiger partial charge on any atom is -0.352 e. The fourth-order valence-electron chi connectivity index (χ4n) is 9.69. The first-order valence-corrected chi connectivity index (χ1v) is 21.6. The first kappa shape index (κ1) is 41.3. The van der Waals surface area contributed by atoms with E-state index in [4.69, 9.17) is 5.73 Å². The zero-order valence-corrected chi connectivity index (χ0v) is 35.0. The van der Waals surface area contributed by atoms with E-state index in [0.717, 1.165) is 65.1 Å². The fraction of sp³-hybridized carbons (Fsp3) is 0.449. The molecule has 58 heavy (non-hydrogen) atoms.